The topological polar surface area (TPSA) is 108 Å². The van der Waals surface area contributed by atoms with Crippen molar-refractivity contribution in [2.75, 3.05) is 40.9 Å². The molecule has 0 aliphatic heterocycles. The minimum absolute atomic E-state index is 0.0118. The number of quaternary nitrogens is 1. The highest BCUT2D eigenvalue weighted by Crippen LogP contribution is 2.38. The Morgan fingerprint density at radius 2 is 0.765 bits per heavy atom. The smallest absolute Gasteiger partial charge is 0.268 e. The number of phosphoric ester groups is 1. The number of amides is 1. The molecule has 0 radical (unpaired) electrons. The molecular weight excluding hydrogens is 1020 g/mol. The number of phosphoric acid groups is 1. The molecule has 0 rings (SSSR count). The van der Waals surface area contributed by atoms with Gasteiger partial charge in [-0.05, 0) is 96.3 Å². The molecule has 0 heterocycles. The summed E-state index contributed by atoms with van der Waals surface area (Å²) in [5.41, 5.74) is 0. The average Bonchev–Trinajstić information content (AvgIpc) is 3.43. The van der Waals surface area contributed by atoms with E-state index in [0.717, 1.165) is 83.5 Å². The zero-order valence-corrected chi connectivity index (χ0v) is 54.4. The highest BCUT2D eigenvalue weighted by molar-refractivity contribution is 7.45. The van der Waals surface area contributed by atoms with Crippen molar-refractivity contribution >= 4 is 13.7 Å². The largest absolute Gasteiger partial charge is 0.756 e. The van der Waals surface area contributed by atoms with Crippen molar-refractivity contribution in [1.29, 1.82) is 0 Å². The van der Waals surface area contributed by atoms with Crippen LogP contribution >= 0.6 is 7.82 Å². The molecule has 0 aromatic heterocycles. The molecule has 1 amide bonds. The quantitative estimate of drug-likeness (QED) is 0.0272. The van der Waals surface area contributed by atoms with Gasteiger partial charge in [0.1, 0.15) is 13.2 Å². The maximum absolute atomic E-state index is 13.0. The minimum atomic E-state index is -4.62. The van der Waals surface area contributed by atoms with E-state index >= 15 is 0 Å². The van der Waals surface area contributed by atoms with Gasteiger partial charge in [0.2, 0.25) is 5.91 Å². The average molecular weight is 1150 g/mol. The molecule has 2 N–H and O–H groups in total. The number of aliphatic hydroxyl groups is 1. The Kier molecular flexibility index (Phi) is 59.5. The maximum Gasteiger partial charge on any atom is 0.268 e. The first kappa shape index (κ1) is 78.2. The molecule has 0 bridgehead atoms. The van der Waals surface area contributed by atoms with E-state index in [9.17, 15) is 19.4 Å². The van der Waals surface area contributed by atoms with E-state index < -0.39 is 26.6 Å². The van der Waals surface area contributed by atoms with Crippen molar-refractivity contribution < 1.29 is 32.9 Å². The fourth-order valence-corrected chi connectivity index (χ4v) is 10.2. The van der Waals surface area contributed by atoms with Gasteiger partial charge in [0, 0.05) is 6.42 Å². The minimum Gasteiger partial charge on any atom is -0.756 e. The van der Waals surface area contributed by atoms with Gasteiger partial charge in [-0.25, -0.2) is 0 Å². The molecule has 0 aliphatic carbocycles. The number of hydrogen-bond donors (Lipinski definition) is 2. The van der Waals surface area contributed by atoms with E-state index in [-0.39, 0.29) is 12.5 Å². The molecule has 0 spiro atoms. The first-order valence-corrected chi connectivity index (χ1v) is 35.2. The van der Waals surface area contributed by atoms with E-state index in [0.29, 0.717) is 17.4 Å². The zero-order valence-electron chi connectivity index (χ0n) is 53.5. The SMILES string of the molecule is CC/C=C\C/C=C\C/C=C\C/C=C\C/C=C\C/C=C\CCCCCCCCCCCCCCCCCCCCC(=O)NC(COP(=O)([O-])OCC[N+](C)(C)C)C(O)/C=C/CC/C=C/CC/C=C/CCCCCCCCCCCCCC. The van der Waals surface area contributed by atoms with Crippen LogP contribution in [0.4, 0.5) is 0 Å². The van der Waals surface area contributed by atoms with E-state index in [4.69, 9.17) is 9.05 Å². The van der Waals surface area contributed by atoms with Crippen molar-refractivity contribution in [2.45, 2.75) is 302 Å². The number of aliphatic hydroxyl groups excluding tert-OH is 1. The molecule has 8 nitrogen and oxygen atoms in total. The van der Waals surface area contributed by atoms with Crippen LogP contribution in [0.1, 0.15) is 290 Å². The summed E-state index contributed by atoms with van der Waals surface area (Å²) < 4.78 is 23.4. The van der Waals surface area contributed by atoms with Crippen molar-refractivity contribution in [3.63, 3.8) is 0 Å². The molecule has 3 atom stereocenters. The Morgan fingerprint density at radius 1 is 0.444 bits per heavy atom. The predicted molar refractivity (Wildman–Crippen MR) is 352 cm³/mol. The van der Waals surface area contributed by atoms with Crippen LogP contribution in [0.25, 0.3) is 0 Å². The van der Waals surface area contributed by atoms with Crippen LogP contribution in [0.3, 0.4) is 0 Å². The molecule has 0 aromatic rings. The van der Waals surface area contributed by atoms with Gasteiger partial charge in [0.15, 0.2) is 0 Å². The third-order valence-corrected chi connectivity index (χ3v) is 15.7. The summed E-state index contributed by atoms with van der Waals surface area (Å²) in [6.45, 7) is 4.52. The van der Waals surface area contributed by atoms with Crippen LogP contribution in [0.5, 0.6) is 0 Å². The number of rotatable bonds is 61. The summed E-state index contributed by atoms with van der Waals surface area (Å²) in [5.74, 6) is -0.211. The lowest BCUT2D eigenvalue weighted by atomic mass is 10.0. The third-order valence-electron chi connectivity index (χ3n) is 14.7. The number of likely N-dealkylation sites (N-methyl/N-ethyl adjacent to an activating group) is 1. The van der Waals surface area contributed by atoms with Gasteiger partial charge >= 0.3 is 0 Å². The van der Waals surface area contributed by atoms with E-state index in [1.165, 1.54) is 186 Å². The maximum atomic E-state index is 13.0. The Labute approximate surface area is 501 Å². The van der Waals surface area contributed by atoms with Crippen LogP contribution in [0.15, 0.2) is 109 Å². The lowest BCUT2D eigenvalue weighted by molar-refractivity contribution is -0.870. The monoisotopic (exact) mass is 1150 g/mol. The van der Waals surface area contributed by atoms with Gasteiger partial charge < -0.3 is 28.8 Å². The fourth-order valence-electron chi connectivity index (χ4n) is 9.48. The first-order valence-electron chi connectivity index (χ1n) is 33.7. The van der Waals surface area contributed by atoms with Crippen LogP contribution in [0.2, 0.25) is 0 Å². The molecule has 0 aliphatic rings. The number of nitrogens with zero attached hydrogens (tertiary/aromatic N) is 1. The summed E-state index contributed by atoms with van der Waals surface area (Å²) in [5, 5.41) is 13.9. The zero-order chi connectivity index (χ0) is 59.1. The van der Waals surface area contributed by atoms with Gasteiger partial charge in [-0.3, -0.25) is 9.36 Å². The normalized spacial score (nSPS) is 14.4. The highest BCUT2D eigenvalue weighted by atomic mass is 31.2. The van der Waals surface area contributed by atoms with Crippen LogP contribution < -0.4 is 10.2 Å². The molecule has 0 saturated carbocycles. The Hall–Kier alpha value is -2.84. The summed E-state index contributed by atoms with van der Waals surface area (Å²) in [4.78, 5) is 25.6. The molecule has 468 valence electrons. The molecular formula is C72H129N2O6P. The summed E-state index contributed by atoms with van der Waals surface area (Å²) in [6, 6.07) is -0.916. The molecule has 0 fully saturated rings. The molecule has 0 aromatic carbocycles. The molecule has 0 saturated heterocycles. The van der Waals surface area contributed by atoms with Crippen molar-refractivity contribution in [2.24, 2.45) is 0 Å². The second kappa shape index (κ2) is 61.7. The van der Waals surface area contributed by atoms with E-state index in [1.54, 1.807) is 6.08 Å². The Balaban J connectivity index is 4.10. The lowest BCUT2D eigenvalue weighted by Crippen LogP contribution is -2.45. The standard InChI is InChI=1S/C72H129N2O6P/c1-6-8-10-12-14-16-18-20-22-24-26-28-30-31-32-33-34-35-36-37-38-39-40-41-42-43-44-46-48-50-52-54-56-58-60-62-64-66-72(76)73-70(69-80-81(77,78)79-68-67-74(3,4)5)71(75)65-63-61-59-57-55-53-51-49-47-45-29-27-25-23-21-19-17-15-13-11-9-7-2/h8,10,14,16,20,22,26,28,31-32,34-35,47,49,55,57,63,65,70-71,75H,6-7,9,11-13,15,17-19,21,23-25,27,29-30,33,36-46,48,50-54,56,58-62,64,66-69H2,1-5H3,(H-,73,76,77,78)/b10-8-,16-14-,22-20-,28-26-,32-31-,35-34-,49-47+,57-55+,65-63+. The first-order chi connectivity index (χ1) is 39.5. The molecule has 9 heteroatoms. The lowest BCUT2D eigenvalue weighted by Gasteiger charge is -2.29. The van der Waals surface area contributed by atoms with Crippen molar-refractivity contribution in [3.05, 3.63) is 109 Å². The molecule has 81 heavy (non-hydrogen) atoms. The number of hydrogen-bond acceptors (Lipinski definition) is 6. The fraction of sp³-hybridized carbons (Fsp3) is 0.736. The van der Waals surface area contributed by atoms with Crippen LogP contribution in [-0.4, -0.2) is 68.5 Å². The summed E-state index contributed by atoms with van der Waals surface area (Å²) in [7, 11) is 1.23. The van der Waals surface area contributed by atoms with Gasteiger partial charge in [-0.2, -0.15) is 0 Å². The van der Waals surface area contributed by atoms with E-state index in [2.05, 4.69) is 116 Å². The number of unbranched alkanes of at least 4 members (excludes halogenated alkanes) is 32. The van der Waals surface area contributed by atoms with Gasteiger partial charge in [-0.1, -0.05) is 297 Å². The van der Waals surface area contributed by atoms with Crippen molar-refractivity contribution in [1.82, 2.24) is 5.32 Å². The second-order valence-corrected chi connectivity index (χ2v) is 25.2. The van der Waals surface area contributed by atoms with Gasteiger partial charge in [0.25, 0.3) is 7.82 Å². The number of carbonyl (C=O) groups is 1. The van der Waals surface area contributed by atoms with Crippen LogP contribution in [-0.2, 0) is 18.4 Å². The van der Waals surface area contributed by atoms with Gasteiger partial charge in [0.05, 0.1) is 39.9 Å². The Morgan fingerprint density at radius 3 is 1.15 bits per heavy atom. The summed E-state index contributed by atoms with van der Waals surface area (Å²) in [6.07, 6.45) is 90.6. The van der Waals surface area contributed by atoms with Crippen molar-refractivity contribution in [3.8, 4) is 0 Å². The number of carbonyl (C=O) groups excluding carboxylic acids is 1. The number of nitrogens with one attached hydrogen (secondary N) is 1. The van der Waals surface area contributed by atoms with Gasteiger partial charge in [-0.15, -0.1) is 0 Å². The molecule has 3 unspecified atom stereocenters. The second-order valence-electron chi connectivity index (χ2n) is 23.8. The Bertz CT molecular complexity index is 1690. The predicted octanol–water partition coefficient (Wildman–Crippen LogP) is 20.9. The number of allylic oxidation sites excluding steroid dienone is 17. The van der Waals surface area contributed by atoms with Crippen LogP contribution in [0, 0.1) is 0 Å². The van der Waals surface area contributed by atoms with E-state index in [1.807, 2.05) is 27.2 Å². The third kappa shape index (κ3) is 64.6. The summed E-state index contributed by atoms with van der Waals surface area (Å²) >= 11 is 0. The highest BCUT2D eigenvalue weighted by Gasteiger charge is 2.23.